The highest BCUT2D eigenvalue weighted by atomic mass is 16.5. The summed E-state index contributed by atoms with van der Waals surface area (Å²) in [6, 6.07) is 6.73. The molecule has 118 valence electrons. The first kappa shape index (κ1) is 16.3. The molecule has 0 amide bonds. The van der Waals surface area contributed by atoms with Crippen molar-refractivity contribution in [3.63, 3.8) is 0 Å². The van der Waals surface area contributed by atoms with Crippen LogP contribution in [0.5, 0.6) is 5.75 Å². The molecule has 1 aromatic rings. The molecule has 1 aromatic carbocycles. The van der Waals surface area contributed by atoms with E-state index in [1.807, 2.05) is 6.07 Å². The summed E-state index contributed by atoms with van der Waals surface area (Å²) in [7, 11) is 1.67. The molecule has 1 aliphatic heterocycles. The minimum absolute atomic E-state index is 0.454. The van der Waals surface area contributed by atoms with Gasteiger partial charge in [0.05, 0.1) is 13.2 Å². The van der Waals surface area contributed by atoms with Crippen LogP contribution in [0.25, 0.3) is 0 Å². The van der Waals surface area contributed by atoms with E-state index in [0.717, 1.165) is 17.9 Å². The Hall–Kier alpha value is -1.06. The van der Waals surface area contributed by atoms with Gasteiger partial charge in [-0.2, -0.15) is 0 Å². The lowest BCUT2D eigenvalue weighted by atomic mass is 9.96. The predicted molar refractivity (Wildman–Crippen MR) is 86.9 cm³/mol. The first-order valence-corrected chi connectivity index (χ1v) is 8.13. The van der Waals surface area contributed by atoms with Crippen LogP contribution in [-0.2, 0) is 0 Å². The molecule has 0 radical (unpaired) electrons. The van der Waals surface area contributed by atoms with Gasteiger partial charge in [0, 0.05) is 18.2 Å². The number of hydrogen-bond acceptors (Lipinski definition) is 3. The molecule has 0 bridgehead atoms. The SMILES string of the molecule is COc1ccc(C(C)C)cc1C(O)CN1CCCCC1C. The van der Waals surface area contributed by atoms with E-state index < -0.39 is 6.10 Å². The van der Waals surface area contributed by atoms with Crippen molar-refractivity contribution < 1.29 is 9.84 Å². The molecule has 1 fully saturated rings. The Morgan fingerprint density at radius 2 is 2.10 bits per heavy atom. The number of aliphatic hydroxyl groups is 1. The molecule has 1 N–H and O–H groups in total. The fourth-order valence-electron chi connectivity index (χ4n) is 3.12. The van der Waals surface area contributed by atoms with E-state index in [2.05, 4.69) is 37.8 Å². The van der Waals surface area contributed by atoms with Crippen LogP contribution in [0.3, 0.4) is 0 Å². The van der Waals surface area contributed by atoms with Crippen molar-refractivity contribution in [2.45, 2.75) is 58.1 Å². The third-order valence-electron chi connectivity index (χ3n) is 4.63. The summed E-state index contributed by atoms with van der Waals surface area (Å²) >= 11 is 0. The van der Waals surface area contributed by atoms with Gasteiger partial charge in [0.15, 0.2) is 0 Å². The summed E-state index contributed by atoms with van der Waals surface area (Å²) in [6.45, 7) is 8.38. The van der Waals surface area contributed by atoms with E-state index in [9.17, 15) is 5.11 Å². The van der Waals surface area contributed by atoms with Crippen LogP contribution in [0.15, 0.2) is 18.2 Å². The third kappa shape index (κ3) is 3.98. The van der Waals surface area contributed by atoms with Crippen molar-refractivity contribution >= 4 is 0 Å². The standard InChI is InChI=1S/C18H29NO2/c1-13(2)15-8-9-18(21-4)16(11-15)17(20)12-19-10-6-5-7-14(19)3/h8-9,11,13-14,17,20H,5-7,10,12H2,1-4H3. The number of benzene rings is 1. The summed E-state index contributed by atoms with van der Waals surface area (Å²) in [5, 5.41) is 10.7. The average Bonchev–Trinajstić information content (AvgIpc) is 2.48. The quantitative estimate of drug-likeness (QED) is 0.897. The first-order chi connectivity index (χ1) is 10.0. The maximum Gasteiger partial charge on any atom is 0.124 e. The topological polar surface area (TPSA) is 32.7 Å². The number of β-amino-alcohol motifs (C(OH)–C–C–N with tert-alkyl or cyclic N) is 1. The van der Waals surface area contributed by atoms with Gasteiger partial charge >= 0.3 is 0 Å². The molecule has 2 unspecified atom stereocenters. The number of likely N-dealkylation sites (tertiary alicyclic amines) is 1. The van der Waals surface area contributed by atoms with Crippen LogP contribution in [-0.4, -0.2) is 36.2 Å². The summed E-state index contributed by atoms with van der Waals surface area (Å²) in [6.07, 6.45) is 3.29. The first-order valence-electron chi connectivity index (χ1n) is 8.13. The third-order valence-corrected chi connectivity index (χ3v) is 4.63. The highest BCUT2D eigenvalue weighted by molar-refractivity contribution is 5.40. The lowest BCUT2D eigenvalue weighted by molar-refractivity contribution is 0.0718. The number of piperidine rings is 1. The molecule has 0 aromatic heterocycles. The molecule has 0 aliphatic carbocycles. The Morgan fingerprint density at radius 1 is 1.33 bits per heavy atom. The molecule has 2 atom stereocenters. The molecule has 21 heavy (non-hydrogen) atoms. The number of methoxy groups -OCH3 is 1. The number of aliphatic hydroxyl groups excluding tert-OH is 1. The highest BCUT2D eigenvalue weighted by Crippen LogP contribution is 2.30. The second-order valence-corrected chi connectivity index (χ2v) is 6.51. The summed E-state index contributed by atoms with van der Waals surface area (Å²) < 4.78 is 5.44. The molecule has 3 nitrogen and oxygen atoms in total. The Kier molecular flexibility index (Phi) is 5.65. The van der Waals surface area contributed by atoms with E-state index in [4.69, 9.17) is 4.74 Å². The highest BCUT2D eigenvalue weighted by Gasteiger charge is 2.23. The Bertz CT molecular complexity index is 459. The van der Waals surface area contributed by atoms with Crippen LogP contribution >= 0.6 is 0 Å². The zero-order chi connectivity index (χ0) is 15.4. The van der Waals surface area contributed by atoms with E-state index in [1.54, 1.807) is 7.11 Å². The van der Waals surface area contributed by atoms with Gasteiger partial charge in [-0.1, -0.05) is 26.3 Å². The van der Waals surface area contributed by atoms with Crippen LogP contribution in [0.2, 0.25) is 0 Å². The number of ether oxygens (including phenoxy) is 1. The molecule has 1 aliphatic rings. The summed E-state index contributed by atoms with van der Waals surface area (Å²) in [4.78, 5) is 2.40. The smallest absolute Gasteiger partial charge is 0.124 e. The Balaban J connectivity index is 2.16. The van der Waals surface area contributed by atoms with E-state index in [0.29, 0.717) is 18.5 Å². The fourth-order valence-corrected chi connectivity index (χ4v) is 3.12. The van der Waals surface area contributed by atoms with Crippen molar-refractivity contribution in [2.24, 2.45) is 0 Å². The second-order valence-electron chi connectivity index (χ2n) is 6.51. The molecule has 1 heterocycles. The van der Waals surface area contributed by atoms with E-state index in [-0.39, 0.29) is 0 Å². The van der Waals surface area contributed by atoms with Gasteiger partial charge in [-0.25, -0.2) is 0 Å². The van der Waals surface area contributed by atoms with Gasteiger partial charge in [0.2, 0.25) is 0 Å². The maximum absolute atomic E-state index is 10.7. The molecule has 0 saturated carbocycles. The van der Waals surface area contributed by atoms with Gasteiger partial charge in [0.1, 0.15) is 5.75 Å². The van der Waals surface area contributed by atoms with E-state index >= 15 is 0 Å². The summed E-state index contributed by atoms with van der Waals surface area (Å²) in [5.74, 6) is 1.24. The molecular formula is C18H29NO2. The zero-order valence-corrected chi connectivity index (χ0v) is 13.8. The maximum atomic E-state index is 10.7. The number of hydrogen-bond donors (Lipinski definition) is 1. The monoisotopic (exact) mass is 291 g/mol. The lowest BCUT2D eigenvalue weighted by Crippen LogP contribution is -2.40. The lowest BCUT2D eigenvalue weighted by Gasteiger charge is -2.35. The zero-order valence-electron chi connectivity index (χ0n) is 13.8. The van der Waals surface area contributed by atoms with Crippen molar-refractivity contribution in [3.05, 3.63) is 29.3 Å². The number of rotatable bonds is 5. The number of nitrogens with zero attached hydrogens (tertiary/aromatic N) is 1. The van der Waals surface area contributed by atoms with Crippen LogP contribution in [0.1, 0.15) is 63.2 Å². The van der Waals surface area contributed by atoms with Gasteiger partial charge in [0.25, 0.3) is 0 Å². The molecule has 3 heteroatoms. The molecule has 2 rings (SSSR count). The minimum Gasteiger partial charge on any atom is -0.496 e. The second kappa shape index (κ2) is 7.28. The van der Waals surface area contributed by atoms with Crippen LogP contribution in [0, 0.1) is 0 Å². The molecule has 1 saturated heterocycles. The van der Waals surface area contributed by atoms with Gasteiger partial charge in [-0.3, -0.25) is 4.90 Å². The molecule has 0 spiro atoms. The van der Waals surface area contributed by atoms with Gasteiger partial charge in [-0.05, 0) is 49.9 Å². The van der Waals surface area contributed by atoms with Crippen molar-refractivity contribution in [3.8, 4) is 5.75 Å². The van der Waals surface area contributed by atoms with Gasteiger partial charge < -0.3 is 9.84 Å². The van der Waals surface area contributed by atoms with Crippen molar-refractivity contribution in [1.29, 1.82) is 0 Å². The Morgan fingerprint density at radius 3 is 2.71 bits per heavy atom. The van der Waals surface area contributed by atoms with Crippen LogP contribution in [0.4, 0.5) is 0 Å². The Labute approximate surface area is 128 Å². The molecular weight excluding hydrogens is 262 g/mol. The van der Waals surface area contributed by atoms with Crippen LogP contribution < -0.4 is 4.74 Å². The normalized spacial score (nSPS) is 21.5. The predicted octanol–water partition coefficient (Wildman–Crippen LogP) is 3.73. The van der Waals surface area contributed by atoms with Gasteiger partial charge in [-0.15, -0.1) is 0 Å². The largest absolute Gasteiger partial charge is 0.496 e. The minimum atomic E-state index is -0.487. The average molecular weight is 291 g/mol. The van der Waals surface area contributed by atoms with E-state index in [1.165, 1.54) is 24.8 Å². The van der Waals surface area contributed by atoms with Crippen molar-refractivity contribution in [1.82, 2.24) is 4.90 Å². The van der Waals surface area contributed by atoms with Crippen molar-refractivity contribution in [2.75, 3.05) is 20.2 Å². The summed E-state index contributed by atoms with van der Waals surface area (Å²) in [5.41, 5.74) is 2.16. The fraction of sp³-hybridized carbons (Fsp3) is 0.667.